The third-order valence-electron chi connectivity index (χ3n) is 7.59. The van der Waals surface area contributed by atoms with Gasteiger partial charge in [0.2, 0.25) is 0 Å². The lowest BCUT2D eigenvalue weighted by atomic mass is 9.84. The Morgan fingerprint density at radius 1 is 0.872 bits per heavy atom. The van der Waals surface area contributed by atoms with Gasteiger partial charge >= 0.3 is 0 Å². The lowest BCUT2D eigenvalue weighted by molar-refractivity contribution is -0.306. The van der Waals surface area contributed by atoms with Crippen molar-refractivity contribution in [3.8, 4) is 11.3 Å². The van der Waals surface area contributed by atoms with Crippen LogP contribution in [0.1, 0.15) is 59.7 Å². The smallest absolute Gasteiger partial charge is 0.107 e. The quantitative estimate of drug-likeness (QED) is 0.226. The summed E-state index contributed by atoms with van der Waals surface area (Å²) in [6.07, 6.45) is 6.78. The van der Waals surface area contributed by atoms with Crippen LogP contribution >= 0.6 is 11.3 Å². The van der Waals surface area contributed by atoms with Crippen molar-refractivity contribution in [2.45, 2.75) is 57.7 Å². The molecule has 1 aliphatic rings. The van der Waals surface area contributed by atoms with Gasteiger partial charge < -0.3 is 14.8 Å². The zero-order chi connectivity index (χ0) is 27.0. The average molecular weight is 539 g/mol. The van der Waals surface area contributed by atoms with Crippen LogP contribution in [0, 0.1) is 0 Å². The highest BCUT2D eigenvalue weighted by Crippen LogP contribution is 2.33. The number of carbonyl (C=O) groups is 1. The van der Waals surface area contributed by atoms with Crippen molar-refractivity contribution in [2.75, 3.05) is 18.5 Å². The zero-order valence-electron chi connectivity index (χ0n) is 22.6. The van der Waals surface area contributed by atoms with Crippen molar-refractivity contribution in [1.82, 2.24) is 9.88 Å². The SMILES string of the molecule is CN(Cc1ccc(C2CCCCC2)cc1)c1ccc(-c2csc(CN(CC(=O)[O-])Cc3ccccc3)n2)cc1. The molecule has 202 valence electrons. The van der Waals surface area contributed by atoms with Crippen molar-refractivity contribution in [1.29, 1.82) is 0 Å². The van der Waals surface area contributed by atoms with Gasteiger partial charge in [-0.3, -0.25) is 4.90 Å². The van der Waals surface area contributed by atoms with Gasteiger partial charge in [0.15, 0.2) is 0 Å². The molecular formula is C33H36N3O2S-. The highest BCUT2D eigenvalue weighted by molar-refractivity contribution is 7.09. The first-order chi connectivity index (χ1) is 19.0. The lowest BCUT2D eigenvalue weighted by Crippen LogP contribution is -2.37. The number of hydrogen-bond acceptors (Lipinski definition) is 6. The minimum atomic E-state index is -1.08. The zero-order valence-corrected chi connectivity index (χ0v) is 23.4. The highest BCUT2D eigenvalue weighted by Gasteiger charge is 2.16. The van der Waals surface area contributed by atoms with Crippen LogP contribution in [-0.4, -0.2) is 29.4 Å². The summed E-state index contributed by atoms with van der Waals surface area (Å²) in [5.74, 6) is -0.340. The van der Waals surface area contributed by atoms with Crippen LogP contribution < -0.4 is 10.0 Å². The van der Waals surface area contributed by atoms with Crippen molar-refractivity contribution >= 4 is 23.0 Å². The van der Waals surface area contributed by atoms with Crippen LogP contribution in [-0.2, 0) is 24.4 Å². The van der Waals surface area contributed by atoms with E-state index in [2.05, 4.69) is 60.5 Å². The largest absolute Gasteiger partial charge is 0.549 e. The molecule has 3 aromatic carbocycles. The van der Waals surface area contributed by atoms with Crippen LogP contribution in [0.5, 0.6) is 0 Å². The summed E-state index contributed by atoms with van der Waals surface area (Å²) in [7, 11) is 2.13. The first-order valence-corrected chi connectivity index (χ1v) is 14.7. The molecule has 0 radical (unpaired) electrons. The monoisotopic (exact) mass is 538 g/mol. The molecule has 0 spiro atoms. The van der Waals surface area contributed by atoms with Crippen molar-refractivity contribution < 1.29 is 9.90 Å². The minimum absolute atomic E-state index is 0.131. The molecule has 0 saturated heterocycles. The molecule has 1 fully saturated rings. The first kappa shape index (κ1) is 27.1. The molecule has 6 heteroatoms. The van der Waals surface area contributed by atoms with E-state index < -0.39 is 5.97 Å². The standard InChI is InChI=1S/C33H37N3O2S/c1-35(20-26-12-14-28(15-13-26)27-10-6-3-7-11-27)30-18-16-29(17-19-30)31-24-39-32(34-31)22-36(23-33(37)38)21-25-8-4-2-5-9-25/h2,4-5,8-9,12-19,24,27H,3,6-7,10-11,20-23H2,1H3,(H,37,38)/p-1. The van der Waals surface area contributed by atoms with Crippen molar-refractivity contribution in [3.63, 3.8) is 0 Å². The molecule has 0 atom stereocenters. The summed E-state index contributed by atoms with van der Waals surface area (Å²) in [6.45, 7) is 1.73. The fourth-order valence-electron chi connectivity index (χ4n) is 5.48. The van der Waals surface area contributed by atoms with Gasteiger partial charge in [0.25, 0.3) is 0 Å². The topological polar surface area (TPSA) is 59.5 Å². The molecule has 0 N–H and O–H groups in total. The maximum absolute atomic E-state index is 11.3. The van der Waals surface area contributed by atoms with Crippen LogP contribution in [0.2, 0.25) is 0 Å². The Morgan fingerprint density at radius 3 is 2.26 bits per heavy atom. The van der Waals surface area contributed by atoms with Crippen LogP contribution in [0.15, 0.2) is 84.2 Å². The fourth-order valence-corrected chi connectivity index (χ4v) is 6.33. The Balaban J connectivity index is 1.19. The van der Waals surface area contributed by atoms with Gasteiger partial charge in [-0.2, -0.15) is 0 Å². The van der Waals surface area contributed by atoms with Gasteiger partial charge in [-0.05, 0) is 47.6 Å². The second kappa shape index (κ2) is 13.0. The molecule has 39 heavy (non-hydrogen) atoms. The number of thiazole rings is 1. The molecule has 0 bridgehead atoms. The minimum Gasteiger partial charge on any atom is -0.549 e. The van der Waals surface area contributed by atoms with Crippen LogP contribution in [0.4, 0.5) is 5.69 Å². The third-order valence-corrected chi connectivity index (χ3v) is 8.43. The second-order valence-electron chi connectivity index (χ2n) is 10.6. The number of benzene rings is 3. The van der Waals surface area contributed by atoms with Crippen molar-refractivity contribution in [3.05, 3.63) is 106 Å². The van der Waals surface area contributed by atoms with E-state index in [1.165, 1.54) is 43.2 Å². The number of anilines is 1. The Kier molecular flexibility index (Phi) is 9.07. The summed E-state index contributed by atoms with van der Waals surface area (Å²) in [4.78, 5) is 20.3. The number of carboxylic acids is 1. The van der Waals surface area contributed by atoms with E-state index in [0.29, 0.717) is 13.1 Å². The summed E-state index contributed by atoms with van der Waals surface area (Å²) in [6, 6.07) is 27.6. The Morgan fingerprint density at radius 2 is 1.56 bits per heavy atom. The Bertz CT molecular complexity index is 1330. The van der Waals surface area contributed by atoms with E-state index in [1.807, 2.05) is 40.6 Å². The first-order valence-electron chi connectivity index (χ1n) is 13.8. The molecular weight excluding hydrogens is 502 g/mol. The van der Waals surface area contributed by atoms with E-state index in [0.717, 1.165) is 40.0 Å². The van der Waals surface area contributed by atoms with Gasteiger partial charge in [0, 0.05) is 43.3 Å². The number of hydrogen-bond donors (Lipinski definition) is 0. The third kappa shape index (κ3) is 7.55. The summed E-state index contributed by atoms with van der Waals surface area (Å²) in [5.41, 5.74) is 7.01. The second-order valence-corrected chi connectivity index (χ2v) is 11.6. The van der Waals surface area contributed by atoms with Gasteiger partial charge in [0.1, 0.15) is 5.01 Å². The number of rotatable bonds is 11. The van der Waals surface area contributed by atoms with E-state index in [4.69, 9.17) is 4.98 Å². The number of carboxylic acid groups (broad SMARTS) is 1. The highest BCUT2D eigenvalue weighted by atomic mass is 32.1. The molecule has 5 nitrogen and oxygen atoms in total. The molecule has 1 heterocycles. The number of carbonyl (C=O) groups excluding carboxylic acids is 1. The van der Waals surface area contributed by atoms with Gasteiger partial charge in [-0.25, -0.2) is 4.98 Å². The maximum Gasteiger partial charge on any atom is 0.107 e. The van der Waals surface area contributed by atoms with Gasteiger partial charge in [-0.1, -0.05) is 86.0 Å². The Labute approximate surface area is 235 Å². The number of nitrogens with zero attached hydrogens (tertiary/aromatic N) is 3. The molecule has 1 aliphatic carbocycles. The molecule has 4 aromatic rings. The normalized spacial score (nSPS) is 14.0. The average Bonchev–Trinajstić information content (AvgIpc) is 3.42. The van der Waals surface area contributed by atoms with Gasteiger partial charge in [-0.15, -0.1) is 11.3 Å². The van der Waals surface area contributed by atoms with E-state index >= 15 is 0 Å². The number of aliphatic carboxylic acids is 1. The van der Waals surface area contributed by atoms with E-state index in [1.54, 1.807) is 11.3 Å². The molecule has 1 saturated carbocycles. The summed E-state index contributed by atoms with van der Waals surface area (Å²) in [5, 5.41) is 14.3. The maximum atomic E-state index is 11.3. The molecule has 0 aliphatic heterocycles. The fraction of sp³-hybridized carbons (Fsp3) is 0.333. The predicted octanol–water partition coefficient (Wildman–Crippen LogP) is 6.25. The van der Waals surface area contributed by atoms with Crippen LogP contribution in [0.25, 0.3) is 11.3 Å². The van der Waals surface area contributed by atoms with Crippen molar-refractivity contribution in [2.24, 2.45) is 0 Å². The predicted molar refractivity (Wildman–Crippen MR) is 157 cm³/mol. The summed E-state index contributed by atoms with van der Waals surface area (Å²) >= 11 is 1.56. The number of aromatic nitrogens is 1. The summed E-state index contributed by atoms with van der Waals surface area (Å²) < 4.78 is 0. The molecule has 0 unspecified atom stereocenters. The Hall–Kier alpha value is -3.48. The van der Waals surface area contributed by atoms with Crippen LogP contribution in [0.3, 0.4) is 0 Å². The van der Waals surface area contributed by atoms with Gasteiger partial charge in [0.05, 0.1) is 18.2 Å². The lowest BCUT2D eigenvalue weighted by Gasteiger charge is -2.23. The van der Waals surface area contributed by atoms with E-state index in [-0.39, 0.29) is 6.54 Å². The molecule has 5 rings (SSSR count). The molecule has 0 amide bonds. The van der Waals surface area contributed by atoms with E-state index in [9.17, 15) is 9.90 Å². The molecule has 1 aromatic heterocycles.